The Kier molecular flexibility index (Phi) is 4.02. The minimum absolute atomic E-state index is 1.12. The average Bonchev–Trinajstić information content (AvgIpc) is 1.87. The van der Waals surface area contributed by atoms with Gasteiger partial charge in [0.05, 0.1) is 0 Å². The molecule has 0 radical (unpaired) electrons. The smallest absolute Gasteiger partial charge is 0.0277 e. The van der Waals surface area contributed by atoms with Crippen LogP contribution in [0.1, 0.15) is 27.2 Å². The molecule has 0 saturated carbocycles. The number of rotatable bonds is 2. The number of nitrogens with zero attached hydrogens (tertiary/aromatic N) is 1. The fourth-order valence-electron chi connectivity index (χ4n) is 0.583. The molecule has 52 valence electrons. The van der Waals surface area contributed by atoms with E-state index in [1.807, 2.05) is 6.21 Å². The highest BCUT2D eigenvalue weighted by Crippen LogP contribution is 2.03. The van der Waals surface area contributed by atoms with Gasteiger partial charge in [0.15, 0.2) is 0 Å². The van der Waals surface area contributed by atoms with Crippen molar-refractivity contribution in [2.45, 2.75) is 27.2 Å². The predicted octanol–water partition coefficient (Wildman–Crippen LogP) is 2.43. The van der Waals surface area contributed by atoms with Crippen LogP contribution in [0.5, 0.6) is 0 Å². The highest BCUT2D eigenvalue weighted by atomic mass is 14.6. The van der Waals surface area contributed by atoms with Crippen LogP contribution in [0.25, 0.3) is 0 Å². The van der Waals surface area contributed by atoms with Gasteiger partial charge in [-0.3, -0.25) is 4.99 Å². The molecule has 0 atom stereocenters. The second-order valence-electron chi connectivity index (χ2n) is 2.20. The summed E-state index contributed by atoms with van der Waals surface area (Å²) in [6, 6.07) is 0. The second kappa shape index (κ2) is 4.30. The molecule has 0 aromatic rings. The zero-order valence-corrected chi connectivity index (χ0v) is 6.73. The van der Waals surface area contributed by atoms with E-state index in [1.54, 1.807) is 7.05 Å². The summed E-state index contributed by atoms with van der Waals surface area (Å²) < 4.78 is 0. The van der Waals surface area contributed by atoms with Crippen LogP contribution in [0.15, 0.2) is 16.1 Å². The van der Waals surface area contributed by atoms with Crippen molar-refractivity contribution >= 4 is 6.21 Å². The summed E-state index contributed by atoms with van der Waals surface area (Å²) in [6.07, 6.45) is 3.02. The lowest BCUT2D eigenvalue weighted by Crippen LogP contribution is -1.83. The molecular weight excluding hydrogens is 110 g/mol. The van der Waals surface area contributed by atoms with Gasteiger partial charge in [0.2, 0.25) is 0 Å². The van der Waals surface area contributed by atoms with Crippen LogP contribution >= 0.6 is 0 Å². The van der Waals surface area contributed by atoms with Gasteiger partial charge < -0.3 is 0 Å². The molecule has 0 amide bonds. The lowest BCUT2D eigenvalue weighted by atomic mass is 10.1. The van der Waals surface area contributed by atoms with Crippen molar-refractivity contribution in [1.29, 1.82) is 0 Å². The van der Waals surface area contributed by atoms with Crippen molar-refractivity contribution in [3.63, 3.8) is 0 Å². The van der Waals surface area contributed by atoms with Crippen LogP contribution in [0.4, 0.5) is 0 Å². The third-order valence-electron chi connectivity index (χ3n) is 1.53. The molecule has 0 aliphatic rings. The average molecular weight is 125 g/mol. The Bertz CT molecular complexity index is 132. The molecule has 0 aliphatic carbocycles. The predicted molar refractivity (Wildman–Crippen MR) is 43.1 cm³/mol. The monoisotopic (exact) mass is 125 g/mol. The van der Waals surface area contributed by atoms with Crippen molar-refractivity contribution in [2.75, 3.05) is 7.05 Å². The van der Waals surface area contributed by atoms with Crippen molar-refractivity contribution in [3.05, 3.63) is 11.1 Å². The summed E-state index contributed by atoms with van der Waals surface area (Å²) in [5.74, 6) is 0. The van der Waals surface area contributed by atoms with E-state index in [2.05, 4.69) is 25.8 Å². The summed E-state index contributed by atoms with van der Waals surface area (Å²) in [7, 11) is 1.80. The molecule has 1 heteroatoms. The SMILES string of the molecule is CC/C(C)=C(/C)C=NC. The molecule has 0 unspecified atom stereocenters. The van der Waals surface area contributed by atoms with Gasteiger partial charge in [-0.2, -0.15) is 0 Å². The fourth-order valence-corrected chi connectivity index (χ4v) is 0.583. The van der Waals surface area contributed by atoms with Gasteiger partial charge in [0.25, 0.3) is 0 Å². The molecule has 0 bridgehead atoms. The first-order chi connectivity index (χ1) is 4.22. The standard InChI is InChI=1S/C8H15N/c1-5-7(2)8(3)6-9-4/h6H,5H2,1-4H3/b8-7-,9-6?. The first-order valence-electron chi connectivity index (χ1n) is 3.30. The van der Waals surface area contributed by atoms with E-state index in [0.717, 1.165) is 6.42 Å². The molecule has 1 nitrogen and oxygen atoms in total. The summed E-state index contributed by atoms with van der Waals surface area (Å²) in [4.78, 5) is 3.92. The van der Waals surface area contributed by atoms with Crippen LogP contribution in [-0.4, -0.2) is 13.3 Å². The van der Waals surface area contributed by atoms with Gasteiger partial charge >= 0.3 is 0 Å². The molecule has 0 aromatic heterocycles. The Hall–Kier alpha value is -0.590. The first-order valence-corrected chi connectivity index (χ1v) is 3.30. The van der Waals surface area contributed by atoms with Crippen LogP contribution in [0, 0.1) is 0 Å². The number of hydrogen-bond acceptors (Lipinski definition) is 1. The molecular formula is C8H15N. The Morgan fingerprint density at radius 3 is 2.33 bits per heavy atom. The van der Waals surface area contributed by atoms with Gasteiger partial charge in [-0.25, -0.2) is 0 Å². The fraction of sp³-hybridized carbons (Fsp3) is 0.625. The Labute approximate surface area is 57.5 Å². The van der Waals surface area contributed by atoms with E-state index < -0.39 is 0 Å². The minimum atomic E-state index is 1.12. The van der Waals surface area contributed by atoms with E-state index in [9.17, 15) is 0 Å². The van der Waals surface area contributed by atoms with Crippen molar-refractivity contribution in [3.8, 4) is 0 Å². The zero-order valence-electron chi connectivity index (χ0n) is 6.73. The van der Waals surface area contributed by atoms with Gasteiger partial charge in [-0.1, -0.05) is 12.5 Å². The Balaban J connectivity index is 4.10. The van der Waals surface area contributed by atoms with Crippen molar-refractivity contribution in [1.82, 2.24) is 0 Å². The van der Waals surface area contributed by atoms with E-state index >= 15 is 0 Å². The molecule has 0 fully saturated rings. The number of allylic oxidation sites excluding steroid dienone is 2. The maximum atomic E-state index is 3.92. The molecule has 0 rings (SSSR count). The molecule has 0 aromatic carbocycles. The molecule has 0 N–H and O–H groups in total. The molecule has 0 aliphatic heterocycles. The number of aliphatic imine (C=N–C) groups is 1. The normalized spacial score (nSPS) is 14.2. The molecule has 0 spiro atoms. The highest BCUT2D eigenvalue weighted by Gasteiger charge is 1.87. The third kappa shape index (κ3) is 3.07. The van der Waals surface area contributed by atoms with Crippen LogP contribution in [0.3, 0.4) is 0 Å². The van der Waals surface area contributed by atoms with E-state index in [4.69, 9.17) is 0 Å². The van der Waals surface area contributed by atoms with Crippen molar-refractivity contribution < 1.29 is 0 Å². The first kappa shape index (κ1) is 8.41. The minimum Gasteiger partial charge on any atom is -0.296 e. The van der Waals surface area contributed by atoms with Crippen LogP contribution in [0.2, 0.25) is 0 Å². The summed E-state index contributed by atoms with van der Waals surface area (Å²) in [5, 5.41) is 0. The summed E-state index contributed by atoms with van der Waals surface area (Å²) >= 11 is 0. The number of hydrogen-bond donors (Lipinski definition) is 0. The van der Waals surface area contributed by atoms with Crippen LogP contribution < -0.4 is 0 Å². The van der Waals surface area contributed by atoms with Crippen molar-refractivity contribution in [2.24, 2.45) is 4.99 Å². The van der Waals surface area contributed by atoms with Gasteiger partial charge in [-0.15, -0.1) is 0 Å². The van der Waals surface area contributed by atoms with E-state index in [0.29, 0.717) is 0 Å². The topological polar surface area (TPSA) is 12.4 Å². The lowest BCUT2D eigenvalue weighted by Gasteiger charge is -1.96. The highest BCUT2D eigenvalue weighted by molar-refractivity contribution is 5.78. The Morgan fingerprint density at radius 2 is 2.00 bits per heavy atom. The summed E-state index contributed by atoms with van der Waals surface area (Å²) in [6.45, 7) is 6.38. The molecule has 9 heavy (non-hydrogen) atoms. The maximum absolute atomic E-state index is 3.92. The van der Waals surface area contributed by atoms with Gasteiger partial charge in [0.1, 0.15) is 0 Å². The second-order valence-corrected chi connectivity index (χ2v) is 2.20. The van der Waals surface area contributed by atoms with Gasteiger partial charge in [-0.05, 0) is 25.8 Å². The largest absolute Gasteiger partial charge is 0.296 e. The quantitative estimate of drug-likeness (QED) is 0.503. The summed E-state index contributed by atoms with van der Waals surface area (Å²) in [5.41, 5.74) is 2.71. The van der Waals surface area contributed by atoms with Gasteiger partial charge in [0, 0.05) is 13.3 Å². The third-order valence-corrected chi connectivity index (χ3v) is 1.53. The molecule has 0 heterocycles. The molecule has 0 saturated heterocycles. The Morgan fingerprint density at radius 1 is 1.44 bits per heavy atom. The van der Waals surface area contributed by atoms with E-state index in [1.165, 1.54) is 11.1 Å². The van der Waals surface area contributed by atoms with E-state index in [-0.39, 0.29) is 0 Å². The lowest BCUT2D eigenvalue weighted by molar-refractivity contribution is 1.08. The maximum Gasteiger partial charge on any atom is 0.0277 e. The van der Waals surface area contributed by atoms with Crippen LogP contribution in [-0.2, 0) is 0 Å². The zero-order chi connectivity index (χ0) is 7.28.